The topological polar surface area (TPSA) is 95.9 Å². The van der Waals surface area contributed by atoms with Crippen molar-refractivity contribution in [3.8, 4) is 0 Å². The molecule has 6 nitrogen and oxygen atoms in total. The summed E-state index contributed by atoms with van der Waals surface area (Å²) in [5.74, 6) is -1.32. The van der Waals surface area contributed by atoms with Gasteiger partial charge >= 0.3 is 12.1 Å². The number of hydrogen-bond donors (Lipinski definition) is 3. The highest BCUT2D eigenvalue weighted by atomic mass is 16.5. The first-order chi connectivity index (χ1) is 6.49. The average Bonchev–Trinajstić information content (AvgIpc) is 2.09. The van der Waals surface area contributed by atoms with Crippen molar-refractivity contribution in [3.63, 3.8) is 0 Å². The van der Waals surface area contributed by atoms with Gasteiger partial charge in [-0.2, -0.15) is 0 Å². The number of amides is 1. The maximum Gasteiger partial charge on any atom is 0.408 e. The normalized spacial score (nSPS) is 13.9. The smallest absolute Gasteiger partial charge is 0.408 e. The number of rotatable bonds is 5. The van der Waals surface area contributed by atoms with Gasteiger partial charge in [-0.25, -0.2) is 9.59 Å². The number of carboxylic acid groups (broad SMARTS) is 1. The number of aliphatic carboxylic acids is 1. The summed E-state index contributed by atoms with van der Waals surface area (Å²) in [7, 11) is 0. The predicted molar refractivity (Wildman–Crippen MR) is 47.8 cm³/mol. The van der Waals surface area contributed by atoms with Crippen LogP contribution in [0, 0.1) is 0 Å². The van der Waals surface area contributed by atoms with Gasteiger partial charge in [0.15, 0.2) is 6.04 Å². The van der Waals surface area contributed by atoms with E-state index < -0.39 is 24.2 Å². The van der Waals surface area contributed by atoms with Crippen LogP contribution < -0.4 is 5.32 Å². The van der Waals surface area contributed by atoms with Gasteiger partial charge < -0.3 is 20.3 Å². The molecule has 0 heterocycles. The number of carboxylic acids is 1. The standard InChI is InChI=1S/C8H13NO5/c1-3-4-14-8(13)9-6(5(2)10)7(11)12/h3,5-6,10H,1,4H2,2H3,(H,9,13)(H,11,12)/t5-,6-/m0/s1. The van der Waals surface area contributed by atoms with Crippen molar-refractivity contribution in [2.75, 3.05) is 6.61 Å². The largest absolute Gasteiger partial charge is 0.480 e. The Morgan fingerprint density at radius 2 is 2.21 bits per heavy atom. The molecule has 0 bridgehead atoms. The summed E-state index contributed by atoms with van der Waals surface area (Å²) in [4.78, 5) is 21.4. The maximum absolute atomic E-state index is 10.9. The van der Waals surface area contributed by atoms with Gasteiger partial charge in [-0.15, -0.1) is 0 Å². The van der Waals surface area contributed by atoms with Crippen molar-refractivity contribution in [1.29, 1.82) is 0 Å². The van der Waals surface area contributed by atoms with Crippen LogP contribution in [0.25, 0.3) is 0 Å². The first-order valence-corrected chi connectivity index (χ1v) is 3.94. The minimum atomic E-state index is -1.37. The highest BCUT2D eigenvalue weighted by Gasteiger charge is 2.25. The molecular weight excluding hydrogens is 190 g/mol. The zero-order chi connectivity index (χ0) is 11.1. The van der Waals surface area contributed by atoms with Gasteiger partial charge in [0.2, 0.25) is 0 Å². The van der Waals surface area contributed by atoms with E-state index >= 15 is 0 Å². The Morgan fingerprint density at radius 3 is 2.57 bits per heavy atom. The monoisotopic (exact) mass is 203 g/mol. The van der Waals surface area contributed by atoms with Crippen LogP contribution in [0.4, 0.5) is 4.79 Å². The second-order valence-electron chi connectivity index (χ2n) is 2.59. The van der Waals surface area contributed by atoms with Gasteiger partial charge in [-0.3, -0.25) is 0 Å². The van der Waals surface area contributed by atoms with Crippen LogP contribution in [-0.2, 0) is 9.53 Å². The quantitative estimate of drug-likeness (QED) is 0.534. The molecule has 6 heteroatoms. The van der Waals surface area contributed by atoms with Crippen LogP contribution >= 0.6 is 0 Å². The number of hydrogen-bond acceptors (Lipinski definition) is 4. The van der Waals surface area contributed by atoms with Crippen molar-refractivity contribution < 1.29 is 24.5 Å². The van der Waals surface area contributed by atoms with Gasteiger partial charge in [0.1, 0.15) is 6.61 Å². The number of carbonyl (C=O) groups excluding carboxylic acids is 1. The van der Waals surface area contributed by atoms with E-state index in [0.717, 1.165) is 0 Å². The molecule has 14 heavy (non-hydrogen) atoms. The fraction of sp³-hybridized carbons (Fsp3) is 0.500. The zero-order valence-electron chi connectivity index (χ0n) is 7.77. The van der Waals surface area contributed by atoms with E-state index in [4.69, 9.17) is 10.2 Å². The van der Waals surface area contributed by atoms with Crippen LogP contribution in [0.2, 0.25) is 0 Å². The van der Waals surface area contributed by atoms with Gasteiger partial charge in [-0.1, -0.05) is 12.7 Å². The predicted octanol–water partition coefficient (Wildman–Crippen LogP) is -0.267. The van der Waals surface area contributed by atoms with Crippen LogP contribution in [0.3, 0.4) is 0 Å². The Bertz CT molecular complexity index is 226. The molecule has 1 amide bonds. The van der Waals surface area contributed by atoms with Crippen molar-refractivity contribution in [3.05, 3.63) is 12.7 Å². The molecule has 0 rings (SSSR count). The first-order valence-electron chi connectivity index (χ1n) is 3.94. The summed E-state index contributed by atoms with van der Waals surface area (Å²) in [6.07, 6.45) is -0.750. The summed E-state index contributed by atoms with van der Waals surface area (Å²) in [5, 5.41) is 19.5. The fourth-order valence-electron chi connectivity index (χ4n) is 0.692. The molecule has 0 aromatic rings. The lowest BCUT2D eigenvalue weighted by molar-refractivity contribution is -0.141. The summed E-state index contributed by atoms with van der Waals surface area (Å²) in [6.45, 7) is 4.55. The minimum absolute atomic E-state index is 0.0159. The molecule has 0 radical (unpaired) electrons. The second kappa shape index (κ2) is 5.98. The number of carbonyl (C=O) groups is 2. The minimum Gasteiger partial charge on any atom is -0.480 e. The number of alkyl carbamates (subject to hydrolysis) is 1. The molecule has 0 fully saturated rings. The van der Waals surface area contributed by atoms with Crippen LogP contribution in [0.15, 0.2) is 12.7 Å². The Kier molecular flexibility index (Phi) is 5.31. The Hall–Kier alpha value is -1.56. The van der Waals surface area contributed by atoms with Gasteiger partial charge in [-0.05, 0) is 6.92 Å². The molecular formula is C8H13NO5. The first kappa shape index (κ1) is 12.4. The maximum atomic E-state index is 10.9. The van der Waals surface area contributed by atoms with Crippen molar-refractivity contribution in [1.82, 2.24) is 5.32 Å². The van der Waals surface area contributed by atoms with Gasteiger partial charge in [0, 0.05) is 0 Å². The third-order valence-corrected chi connectivity index (χ3v) is 1.35. The van der Waals surface area contributed by atoms with E-state index in [-0.39, 0.29) is 6.61 Å². The second-order valence-corrected chi connectivity index (χ2v) is 2.59. The van der Waals surface area contributed by atoms with Crippen LogP contribution in [0.5, 0.6) is 0 Å². The average molecular weight is 203 g/mol. The lowest BCUT2D eigenvalue weighted by Gasteiger charge is -2.16. The van der Waals surface area contributed by atoms with Crippen LogP contribution in [-0.4, -0.2) is 41.0 Å². The third-order valence-electron chi connectivity index (χ3n) is 1.35. The van der Waals surface area contributed by atoms with E-state index in [2.05, 4.69) is 11.3 Å². The third kappa shape index (κ3) is 4.46. The summed E-state index contributed by atoms with van der Waals surface area (Å²) >= 11 is 0. The molecule has 0 aliphatic rings. The van der Waals surface area contributed by atoms with Crippen molar-refractivity contribution in [2.45, 2.75) is 19.1 Å². The fourth-order valence-corrected chi connectivity index (χ4v) is 0.692. The molecule has 80 valence electrons. The lowest BCUT2D eigenvalue weighted by Crippen LogP contribution is -2.47. The number of ether oxygens (including phenoxy) is 1. The van der Waals surface area contributed by atoms with Crippen molar-refractivity contribution in [2.24, 2.45) is 0 Å². The Morgan fingerprint density at radius 1 is 1.64 bits per heavy atom. The highest BCUT2D eigenvalue weighted by molar-refractivity contribution is 5.80. The number of nitrogens with one attached hydrogen (secondary N) is 1. The van der Waals surface area contributed by atoms with E-state index in [1.165, 1.54) is 13.0 Å². The molecule has 0 saturated carbocycles. The number of aliphatic hydroxyl groups excluding tert-OH is 1. The molecule has 3 N–H and O–H groups in total. The van der Waals surface area contributed by atoms with Crippen molar-refractivity contribution >= 4 is 12.1 Å². The molecule has 0 aromatic carbocycles. The summed E-state index contributed by atoms with van der Waals surface area (Å²) in [5.41, 5.74) is 0. The Balaban J connectivity index is 4.09. The zero-order valence-corrected chi connectivity index (χ0v) is 7.77. The van der Waals surface area contributed by atoms with E-state index in [1.54, 1.807) is 0 Å². The molecule has 0 aromatic heterocycles. The SMILES string of the molecule is C=CCOC(=O)N[C@H](C(=O)O)[C@H](C)O. The summed E-state index contributed by atoms with van der Waals surface area (Å²) < 4.78 is 4.48. The molecule has 2 atom stereocenters. The summed E-state index contributed by atoms with van der Waals surface area (Å²) in [6, 6.07) is -1.37. The van der Waals surface area contributed by atoms with E-state index in [9.17, 15) is 9.59 Å². The van der Waals surface area contributed by atoms with Crippen LogP contribution in [0.1, 0.15) is 6.92 Å². The highest BCUT2D eigenvalue weighted by Crippen LogP contribution is 1.93. The molecule has 0 aliphatic carbocycles. The van der Waals surface area contributed by atoms with E-state index in [1.807, 2.05) is 5.32 Å². The molecule has 0 unspecified atom stereocenters. The lowest BCUT2D eigenvalue weighted by atomic mass is 10.2. The molecule has 0 saturated heterocycles. The van der Waals surface area contributed by atoms with Gasteiger partial charge in [0.05, 0.1) is 6.10 Å². The Labute approximate surface area is 81.2 Å². The number of aliphatic hydroxyl groups is 1. The van der Waals surface area contributed by atoms with E-state index in [0.29, 0.717) is 0 Å². The van der Waals surface area contributed by atoms with Gasteiger partial charge in [0.25, 0.3) is 0 Å². The molecule has 0 aliphatic heterocycles. The molecule has 0 spiro atoms.